The second-order valence-electron chi connectivity index (χ2n) is 7.04. The lowest BCUT2D eigenvalue weighted by Crippen LogP contribution is -2.41. The van der Waals surface area contributed by atoms with Gasteiger partial charge in [0.05, 0.1) is 20.1 Å². The van der Waals surface area contributed by atoms with Gasteiger partial charge in [0.2, 0.25) is 15.9 Å². The maximum Gasteiger partial charge on any atom is 0.243 e. The number of carbonyl (C=O) groups is 1. The second kappa shape index (κ2) is 7.81. The van der Waals surface area contributed by atoms with Gasteiger partial charge in [-0.15, -0.1) is 11.3 Å². The van der Waals surface area contributed by atoms with Gasteiger partial charge in [0.25, 0.3) is 0 Å². The van der Waals surface area contributed by atoms with E-state index in [-0.39, 0.29) is 29.8 Å². The fraction of sp³-hybridized carbons (Fsp3) is 0.300. The maximum atomic E-state index is 13.1. The smallest absolute Gasteiger partial charge is 0.243 e. The lowest BCUT2D eigenvalue weighted by Gasteiger charge is -2.30. The number of carbonyl (C=O) groups excluding carboxylic acids is 1. The molecule has 0 bridgehead atoms. The highest BCUT2D eigenvalue weighted by Gasteiger charge is 2.32. The molecular weight excluding hydrogens is 413 g/mol. The van der Waals surface area contributed by atoms with Gasteiger partial charge in [0.15, 0.2) is 0 Å². The topological polar surface area (TPSA) is 79.4 Å². The van der Waals surface area contributed by atoms with Gasteiger partial charge in [-0.05, 0) is 62.2 Å². The quantitative estimate of drug-likeness (QED) is 0.679. The fourth-order valence-electron chi connectivity index (χ4n) is 3.48. The number of fused-ring (bicyclic) bond motifs is 1. The zero-order valence-corrected chi connectivity index (χ0v) is 17.4. The van der Waals surface area contributed by atoms with Gasteiger partial charge in [0.1, 0.15) is 5.82 Å². The van der Waals surface area contributed by atoms with E-state index < -0.39 is 15.8 Å². The Balaban J connectivity index is 1.39. The Morgan fingerprint density at radius 1 is 1.17 bits per heavy atom. The number of aromatic nitrogens is 1. The van der Waals surface area contributed by atoms with Gasteiger partial charge < -0.3 is 5.32 Å². The minimum atomic E-state index is -3.68. The Labute approximate surface area is 172 Å². The average Bonchev–Trinajstić information content (AvgIpc) is 3.07. The molecule has 0 saturated carbocycles. The van der Waals surface area contributed by atoms with E-state index in [0.717, 1.165) is 27.4 Å². The highest BCUT2D eigenvalue weighted by atomic mass is 32.2. The summed E-state index contributed by atoms with van der Waals surface area (Å²) in [6.45, 7) is 2.45. The number of sulfonamides is 1. The van der Waals surface area contributed by atoms with Crippen molar-refractivity contribution in [3.8, 4) is 0 Å². The van der Waals surface area contributed by atoms with Crippen molar-refractivity contribution in [3.63, 3.8) is 0 Å². The van der Waals surface area contributed by atoms with Crippen molar-refractivity contribution < 1.29 is 17.6 Å². The molecule has 1 aromatic heterocycles. The number of hydrogen-bond donors (Lipinski definition) is 1. The number of hydrogen-bond acceptors (Lipinski definition) is 5. The molecule has 4 rings (SSSR count). The lowest BCUT2D eigenvalue weighted by atomic mass is 9.97. The van der Waals surface area contributed by atoms with E-state index >= 15 is 0 Å². The van der Waals surface area contributed by atoms with E-state index in [0.29, 0.717) is 18.5 Å². The normalized spacial score (nSPS) is 16.2. The summed E-state index contributed by atoms with van der Waals surface area (Å²) in [6, 6.07) is 10.4. The highest BCUT2D eigenvalue weighted by molar-refractivity contribution is 7.89. The van der Waals surface area contributed by atoms with Crippen molar-refractivity contribution in [1.82, 2.24) is 9.29 Å². The van der Waals surface area contributed by atoms with Crippen molar-refractivity contribution in [3.05, 3.63) is 53.3 Å². The van der Waals surface area contributed by atoms with Crippen LogP contribution in [0.15, 0.2) is 47.4 Å². The fourth-order valence-corrected chi connectivity index (χ4v) is 5.76. The standard InChI is InChI=1S/C20H20FN3O3S2/c1-13-22-18-12-16(4-7-19(18)28-13)23-20(25)14-8-10-24(11-9-14)29(26,27)17-5-2-15(21)3-6-17/h2-7,12,14H,8-11H2,1H3,(H,23,25). The first-order chi connectivity index (χ1) is 13.8. The van der Waals surface area contributed by atoms with Crippen molar-refractivity contribution in [2.75, 3.05) is 18.4 Å². The summed E-state index contributed by atoms with van der Waals surface area (Å²) in [4.78, 5) is 17.1. The van der Waals surface area contributed by atoms with Gasteiger partial charge in [-0.3, -0.25) is 4.79 Å². The molecule has 1 amide bonds. The number of aryl methyl sites for hydroxylation is 1. The van der Waals surface area contributed by atoms with Crippen LogP contribution in [0.25, 0.3) is 10.2 Å². The van der Waals surface area contributed by atoms with Crippen molar-refractivity contribution in [2.24, 2.45) is 5.92 Å². The van der Waals surface area contributed by atoms with Crippen LogP contribution in [0.4, 0.5) is 10.1 Å². The van der Waals surface area contributed by atoms with Crippen LogP contribution in [-0.2, 0) is 14.8 Å². The molecule has 1 N–H and O–H groups in total. The van der Waals surface area contributed by atoms with Gasteiger partial charge in [-0.2, -0.15) is 4.31 Å². The molecule has 152 valence electrons. The molecule has 9 heteroatoms. The number of halogens is 1. The number of nitrogens with one attached hydrogen (secondary N) is 1. The van der Waals surface area contributed by atoms with E-state index in [2.05, 4.69) is 10.3 Å². The number of anilines is 1. The Morgan fingerprint density at radius 2 is 1.86 bits per heavy atom. The maximum absolute atomic E-state index is 13.1. The predicted molar refractivity (Wildman–Crippen MR) is 111 cm³/mol. The minimum Gasteiger partial charge on any atom is -0.326 e. The molecule has 29 heavy (non-hydrogen) atoms. The van der Waals surface area contributed by atoms with Crippen LogP contribution >= 0.6 is 11.3 Å². The summed E-state index contributed by atoms with van der Waals surface area (Å²) < 4.78 is 40.9. The van der Waals surface area contributed by atoms with Crippen LogP contribution in [0.5, 0.6) is 0 Å². The van der Waals surface area contributed by atoms with E-state index in [4.69, 9.17) is 0 Å². The Morgan fingerprint density at radius 3 is 2.55 bits per heavy atom. The molecule has 0 unspecified atom stereocenters. The van der Waals surface area contributed by atoms with Gasteiger partial charge >= 0.3 is 0 Å². The number of rotatable bonds is 4. The molecule has 1 aliphatic rings. The third kappa shape index (κ3) is 4.17. The van der Waals surface area contributed by atoms with Crippen LogP contribution in [0.1, 0.15) is 17.8 Å². The molecule has 1 saturated heterocycles. The molecule has 6 nitrogen and oxygen atoms in total. The molecular formula is C20H20FN3O3S2. The molecule has 1 aliphatic heterocycles. The SMILES string of the molecule is Cc1nc2cc(NC(=O)C3CCN(S(=O)(=O)c4ccc(F)cc4)CC3)ccc2s1. The van der Waals surface area contributed by atoms with Crippen LogP contribution in [0.2, 0.25) is 0 Å². The molecule has 1 fully saturated rings. The van der Waals surface area contributed by atoms with E-state index in [1.807, 2.05) is 25.1 Å². The Bertz CT molecular complexity index is 1150. The Hall–Kier alpha value is -2.36. The summed E-state index contributed by atoms with van der Waals surface area (Å²) >= 11 is 1.60. The van der Waals surface area contributed by atoms with Crippen LogP contribution in [0, 0.1) is 18.7 Å². The number of benzene rings is 2. The summed E-state index contributed by atoms with van der Waals surface area (Å²) in [7, 11) is -3.68. The first-order valence-corrected chi connectivity index (χ1v) is 11.5. The molecule has 2 aromatic carbocycles. The summed E-state index contributed by atoms with van der Waals surface area (Å²) in [5.41, 5.74) is 1.54. The summed E-state index contributed by atoms with van der Waals surface area (Å²) in [5.74, 6) is -0.858. The Kier molecular flexibility index (Phi) is 5.37. The highest BCUT2D eigenvalue weighted by Crippen LogP contribution is 2.27. The van der Waals surface area contributed by atoms with E-state index in [1.54, 1.807) is 11.3 Å². The van der Waals surface area contributed by atoms with Crippen LogP contribution < -0.4 is 5.32 Å². The van der Waals surface area contributed by atoms with Crippen molar-refractivity contribution >= 4 is 43.2 Å². The third-order valence-electron chi connectivity index (χ3n) is 5.04. The minimum absolute atomic E-state index is 0.0636. The number of amides is 1. The van der Waals surface area contributed by atoms with Crippen LogP contribution in [-0.4, -0.2) is 36.7 Å². The number of thiazole rings is 1. The predicted octanol–water partition coefficient (Wildman–Crippen LogP) is 3.78. The molecule has 0 spiro atoms. The second-order valence-corrected chi connectivity index (χ2v) is 10.2. The zero-order chi connectivity index (χ0) is 20.6. The summed E-state index contributed by atoms with van der Waals surface area (Å²) in [5, 5.41) is 3.89. The van der Waals surface area contributed by atoms with Gasteiger partial charge in [0, 0.05) is 24.7 Å². The molecule has 0 aliphatic carbocycles. The average molecular weight is 434 g/mol. The monoisotopic (exact) mass is 433 g/mol. The first-order valence-electron chi connectivity index (χ1n) is 9.27. The third-order valence-corrected chi connectivity index (χ3v) is 7.90. The largest absolute Gasteiger partial charge is 0.326 e. The molecule has 3 aromatic rings. The molecule has 0 atom stereocenters. The summed E-state index contributed by atoms with van der Waals surface area (Å²) in [6.07, 6.45) is 0.870. The molecule has 0 radical (unpaired) electrons. The lowest BCUT2D eigenvalue weighted by molar-refractivity contribution is -0.120. The number of piperidine rings is 1. The number of nitrogens with zero attached hydrogens (tertiary/aromatic N) is 2. The molecule has 2 heterocycles. The van der Waals surface area contributed by atoms with Gasteiger partial charge in [-0.1, -0.05) is 0 Å². The van der Waals surface area contributed by atoms with E-state index in [1.165, 1.54) is 16.4 Å². The first kappa shape index (κ1) is 19.9. The van der Waals surface area contributed by atoms with Gasteiger partial charge in [-0.25, -0.2) is 17.8 Å². The zero-order valence-electron chi connectivity index (χ0n) is 15.8. The van der Waals surface area contributed by atoms with Crippen molar-refractivity contribution in [2.45, 2.75) is 24.7 Å². The van der Waals surface area contributed by atoms with E-state index in [9.17, 15) is 17.6 Å². The van der Waals surface area contributed by atoms with Crippen molar-refractivity contribution in [1.29, 1.82) is 0 Å². The van der Waals surface area contributed by atoms with Crippen LogP contribution in [0.3, 0.4) is 0 Å².